The average Bonchev–Trinajstić information content (AvgIpc) is 2.38. The third-order valence-corrected chi connectivity index (χ3v) is 3.43. The van der Waals surface area contributed by atoms with Gasteiger partial charge in [0.25, 0.3) is 0 Å². The molecule has 0 saturated heterocycles. The Bertz CT molecular complexity index is 567. The van der Waals surface area contributed by atoms with E-state index in [1.807, 2.05) is 18.2 Å². The molecule has 0 radical (unpaired) electrons. The number of anilines is 1. The Hall–Kier alpha value is -1.96. The second kappa shape index (κ2) is 6.47. The van der Waals surface area contributed by atoms with Crippen LogP contribution in [0.5, 0.6) is 5.75 Å². The van der Waals surface area contributed by atoms with Crippen molar-refractivity contribution in [1.29, 1.82) is 0 Å². The van der Waals surface area contributed by atoms with E-state index < -0.39 is 0 Å². The van der Waals surface area contributed by atoms with Gasteiger partial charge in [-0.05, 0) is 50.5 Å². The van der Waals surface area contributed by atoms with Crippen LogP contribution in [0.3, 0.4) is 0 Å². The molecule has 0 heterocycles. The Morgan fingerprint density at radius 2 is 1.55 bits per heavy atom. The first kappa shape index (κ1) is 14.4. The molecule has 0 unspecified atom stereocenters. The van der Waals surface area contributed by atoms with E-state index in [0.29, 0.717) is 6.61 Å². The lowest BCUT2D eigenvalue weighted by Crippen LogP contribution is -2.13. The maximum absolute atomic E-state index is 5.80. The molecule has 2 aromatic rings. The molecular formula is C18H23NO. The van der Waals surface area contributed by atoms with Crippen LogP contribution in [0, 0.1) is 27.7 Å². The number of rotatable bonds is 5. The van der Waals surface area contributed by atoms with Gasteiger partial charge in [-0.2, -0.15) is 0 Å². The molecular weight excluding hydrogens is 246 g/mol. The van der Waals surface area contributed by atoms with Gasteiger partial charge in [0.2, 0.25) is 0 Å². The SMILES string of the molecule is Cc1cc(C)c(NCCOc2ccccc2C)c(C)c1. The zero-order chi connectivity index (χ0) is 14.5. The van der Waals surface area contributed by atoms with E-state index >= 15 is 0 Å². The smallest absolute Gasteiger partial charge is 0.122 e. The monoisotopic (exact) mass is 269 g/mol. The third kappa shape index (κ3) is 3.53. The van der Waals surface area contributed by atoms with Gasteiger partial charge in [0, 0.05) is 12.2 Å². The molecule has 0 saturated carbocycles. The van der Waals surface area contributed by atoms with Crippen LogP contribution in [0.15, 0.2) is 36.4 Å². The van der Waals surface area contributed by atoms with Gasteiger partial charge in [-0.1, -0.05) is 35.9 Å². The van der Waals surface area contributed by atoms with Gasteiger partial charge in [-0.15, -0.1) is 0 Å². The summed E-state index contributed by atoms with van der Waals surface area (Å²) in [5, 5.41) is 3.47. The molecule has 20 heavy (non-hydrogen) atoms. The second-order valence-corrected chi connectivity index (χ2v) is 5.31. The zero-order valence-corrected chi connectivity index (χ0v) is 12.8. The quantitative estimate of drug-likeness (QED) is 0.812. The Morgan fingerprint density at radius 1 is 0.900 bits per heavy atom. The fourth-order valence-electron chi connectivity index (χ4n) is 2.51. The van der Waals surface area contributed by atoms with Crippen molar-refractivity contribution in [2.45, 2.75) is 27.7 Å². The summed E-state index contributed by atoms with van der Waals surface area (Å²) >= 11 is 0. The van der Waals surface area contributed by atoms with Crippen molar-refractivity contribution in [2.75, 3.05) is 18.5 Å². The van der Waals surface area contributed by atoms with Gasteiger partial charge >= 0.3 is 0 Å². The molecule has 0 atom stereocenters. The van der Waals surface area contributed by atoms with Gasteiger partial charge in [0.05, 0.1) is 0 Å². The third-order valence-electron chi connectivity index (χ3n) is 3.43. The molecule has 0 amide bonds. The van der Waals surface area contributed by atoms with Crippen LogP contribution >= 0.6 is 0 Å². The van der Waals surface area contributed by atoms with Gasteiger partial charge in [0.15, 0.2) is 0 Å². The number of para-hydroxylation sites is 1. The lowest BCUT2D eigenvalue weighted by molar-refractivity contribution is 0.330. The lowest BCUT2D eigenvalue weighted by atomic mass is 10.1. The second-order valence-electron chi connectivity index (χ2n) is 5.31. The maximum Gasteiger partial charge on any atom is 0.122 e. The summed E-state index contributed by atoms with van der Waals surface area (Å²) in [7, 11) is 0. The maximum atomic E-state index is 5.80. The van der Waals surface area contributed by atoms with E-state index in [-0.39, 0.29) is 0 Å². The van der Waals surface area contributed by atoms with Gasteiger partial charge in [-0.25, -0.2) is 0 Å². The Kier molecular flexibility index (Phi) is 4.67. The lowest BCUT2D eigenvalue weighted by Gasteiger charge is -2.15. The van der Waals surface area contributed by atoms with Crippen LogP contribution in [-0.4, -0.2) is 13.2 Å². The van der Waals surface area contributed by atoms with Crippen LogP contribution in [0.1, 0.15) is 22.3 Å². The van der Waals surface area contributed by atoms with Crippen molar-refractivity contribution in [3.8, 4) is 5.75 Å². The molecule has 106 valence electrons. The minimum Gasteiger partial charge on any atom is -0.491 e. The summed E-state index contributed by atoms with van der Waals surface area (Å²) in [5.41, 5.74) is 6.29. The first-order chi connectivity index (χ1) is 9.58. The van der Waals surface area contributed by atoms with Crippen LogP contribution in [0.2, 0.25) is 0 Å². The predicted molar refractivity (Wildman–Crippen MR) is 85.8 cm³/mol. The van der Waals surface area contributed by atoms with E-state index in [1.165, 1.54) is 27.9 Å². The van der Waals surface area contributed by atoms with Crippen LogP contribution in [-0.2, 0) is 0 Å². The molecule has 0 spiro atoms. The molecule has 0 aromatic heterocycles. The number of ether oxygens (including phenoxy) is 1. The van der Waals surface area contributed by atoms with E-state index in [1.54, 1.807) is 0 Å². The first-order valence-corrected chi connectivity index (χ1v) is 7.08. The highest BCUT2D eigenvalue weighted by atomic mass is 16.5. The van der Waals surface area contributed by atoms with E-state index in [9.17, 15) is 0 Å². The molecule has 0 bridgehead atoms. The van der Waals surface area contributed by atoms with Crippen molar-refractivity contribution in [3.63, 3.8) is 0 Å². The summed E-state index contributed by atoms with van der Waals surface area (Å²) < 4.78 is 5.80. The first-order valence-electron chi connectivity index (χ1n) is 7.08. The molecule has 0 aliphatic rings. The fourth-order valence-corrected chi connectivity index (χ4v) is 2.51. The molecule has 2 rings (SSSR count). The highest BCUT2D eigenvalue weighted by molar-refractivity contribution is 5.58. The fraction of sp³-hybridized carbons (Fsp3) is 0.333. The predicted octanol–water partition coefficient (Wildman–Crippen LogP) is 4.41. The molecule has 2 aromatic carbocycles. The highest BCUT2D eigenvalue weighted by Crippen LogP contribution is 2.21. The van der Waals surface area contributed by atoms with Crippen molar-refractivity contribution in [1.82, 2.24) is 0 Å². The summed E-state index contributed by atoms with van der Waals surface area (Å²) in [6.07, 6.45) is 0. The number of aryl methyl sites for hydroxylation is 4. The normalized spacial score (nSPS) is 10.4. The van der Waals surface area contributed by atoms with Gasteiger partial charge in [0.1, 0.15) is 12.4 Å². The van der Waals surface area contributed by atoms with E-state index in [4.69, 9.17) is 4.74 Å². The standard InChI is InChI=1S/C18H23NO/c1-13-11-15(3)18(16(4)12-13)19-9-10-20-17-8-6-5-7-14(17)2/h5-8,11-12,19H,9-10H2,1-4H3. The largest absolute Gasteiger partial charge is 0.491 e. The highest BCUT2D eigenvalue weighted by Gasteiger charge is 2.03. The Balaban J connectivity index is 1.90. The summed E-state index contributed by atoms with van der Waals surface area (Å²) in [4.78, 5) is 0. The van der Waals surface area contributed by atoms with Crippen LogP contribution in [0.25, 0.3) is 0 Å². The van der Waals surface area contributed by atoms with Crippen LogP contribution in [0.4, 0.5) is 5.69 Å². The van der Waals surface area contributed by atoms with Crippen molar-refractivity contribution in [3.05, 3.63) is 58.7 Å². The van der Waals surface area contributed by atoms with Crippen molar-refractivity contribution >= 4 is 5.69 Å². The minimum atomic E-state index is 0.664. The number of benzene rings is 2. The number of hydrogen-bond donors (Lipinski definition) is 1. The number of hydrogen-bond acceptors (Lipinski definition) is 2. The molecule has 0 aliphatic heterocycles. The summed E-state index contributed by atoms with van der Waals surface area (Å²) in [6.45, 7) is 9.95. The molecule has 2 nitrogen and oxygen atoms in total. The van der Waals surface area contributed by atoms with Crippen LogP contribution < -0.4 is 10.1 Å². The van der Waals surface area contributed by atoms with E-state index in [2.05, 4.69) is 51.2 Å². The average molecular weight is 269 g/mol. The Morgan fingerprint density at radius 3 is 2.20 bits per heavy atom. The summed E-state index contributed by atoms with van der Waals surface area (Å²) in [5.74, 6) is 0.964. The van der Waals surface area contributed by atoms with Gasteiger partial charge < -0.3 is 10.1 Å². The van der Waals surface area contributed by atoms with Gasteiger partial charge in [-0.3, -0.25) is 0 Å². The minimum absolute atomic E-state index is 0.664. The number of nitrogens with one attached hydrogen (secondary N) is 1. The molecule has 0 fully saturated rings. The zero-order valence-electron chi connectivity index (χ0n) is 12.8. The van der Waals surface area contributed by atoms with Crippen molar-refractivity contribution in [2.24, 2.45) is 0 Å². The Labute approximate surface area is 121 Å². The summed E-state index contributed by atoms with van der Waals surface area (Å²) in [6, 6.07) is 12.5. The molecule has 0 aliphatic carbocycles. The van der Waals surface area contributed by atoms with E-state index in [0.717, 1.165) is 12.3 Å². The molecule has 1 N–H and O–H groups in total. The topological polar surface area (TPSA) is 21.3 Å². The molecule has 2 heteroatoms. The van der Waals surface area contributed by atoms with Crippen molar-refractivity contribution < 1.29 is 4.74 Å².